The third kappa shape index (κ3) is 5.89. The van der Waals surface area contributed by atoms with E-state index >= 15 is 0 Å². The van der Waals surface area contributed by atoms with E-state index in [0.717, 1.165) is 42.2 Å². The zero-order valence-electron chi connectivity index (χ0n) is 19.3. The van der Waals surface area contributed by atoms with Gasteiger partial charge in [-0.25, -0.2) is 16.8 Å². The molecule has 3 aromatic rings. The number of benzene rings is 2. The molecule has 6 nitrogen and oxygen atoms in total. The van der Waals surface area contributed by atoms with Gasteiger partial charge in [0.15, 0.2) is 9.84 Å². The fourth-order valence-corrected chi connectivity index (χ4v) is 8.78. The van der Waals surface area contributed by atoms with Gasteiger partial charge in [0, 0.05) is 18.5 Å². The molecule has 1 aliphatic heterocycles. The minimum absolute atomic E-state index is 0.0184. The Morgan fingerprint density at radius 3 is 2.38 bits per heavy atom. The van der Waals surface area contributed by atoms with Crippen molar-refractivity contribution in [2.75, 3.05) is 18.8 Å². The SMILES string of the molecule is CC(C)Oc1ccc(CN2CC[C@@H](CS(=O)(=O)c3cc(S(=O)(=O)c4ccccc4)cs3)C2)cc1. The molecule has 1 saturated heterocycles. The summed E-state index contributed by atoms with van der Waals surface area (Å²) in [4.78, 5) is 2.45. The number of nitrogens with zero attached hydrogens (tertiary/aromatic N) is 1. The fourth-order valence-electron chi connectivity index (χ4n) is 4.13. The normalized spacial score (nSPS) is 17.3. The maximum Gasteiger partial charge on any atom is 0.207 e. The molecule has 1 aromatic heterocycles. The lowest BCUT2D eigenvalue weighted by Gasteiger charge is -2.17. The van der Waals surface area contributed by atoms with Crippen molar-refractivity contribution in [1.82, 2.24) is 4.90 Å². The van der Waals surface area contributed by atoms with Crippen molar-refractivity contribution in [3.8, 4) is 5.75 Å². The van der Waals surface area contributed by atoms with Gasteiger partial charge in [0.2, 0.25) is 9.84 Å². The molecule has 1 atom stereocenters. The predicted octanol–water partition coefficient (Wildman–Crippen LogP) is 4.66. The van der Waals surface area contributed by atoms with Crippen LogP contribution in [-0.4, -0.2) is 46.7 Å². The summed E-state index contributed by atoms with van der Waals surface area (Å²) in [5, 5.41) is 1.42. The molecule has 0 aliphatic carbocycles. The zero-order chi connectivity index (χ0) is 24.3. The molecular weight excluding hydrogens is 490 g/mol. The van der Waals surface area contributed by atoms with Crippen LogP contribution >= 0.6 is 11.3 Å². The summed E-state index contributed by atoms with van der Waals surface area (Å²) in [7, 11) is -7.30. The second kappa shape index (κ2) is 10.2. The highest BCUT2D eigenvalue weighted by atomic mass is 32.2. The van der Waals surface area contributed by atoms with E-state index in [1.54, 1.807) is 18.2 Å². The summed E-state index contributed by atoms with van der Waals surface area (Å²) in [5.41, 5.74) is 1.16. The third-order valence-corrected chi connectivity index (χ3v) is 11.1. The standard InChI is InChI=1S/C25H29NO5S3/c1-19(2)31-22-10-8-20(9-11-22)15-26-13-12-21(16-26)18-33(27,28)25-14-24(17-32-25)34(29,30)23-6-4-3-5-7-23/h3-11,14,17,19,21H,12-13,15-16,18H2,1-2H3/t21-/m1/s1. The van der Waals surface area contributed by atoms with E-state index in [2.05, 4.69) is 4.90 Å². The second-order valence-corrected chi connectivity index (χ2v) is 14.0. The lowest BCUT2D eigenvalue weighted by molar-refractivity contribution is 0.242. The highest BCUT2D eigenvalue weighted by Crippen LogP contribution is 2.31. The Bertz CT molecular complexity index is 1310. The Morgan fingerprint density at radius 2 is 1.71 bits per heavy atom. The molecule has 9 heteroatoms. The lowest BCUT2D eigenvalue weighted by Crippen LogP contribution is -2.23. The molecule has 2 aromatic carbocycles. The molecule has 0 amide bonds. The predicted molar refractivity (Wildman–Crippen MR) is 134 cm³/mol. The molecule has 1 aliphatic rings. The van der Waals surface area contributed by atoms with Crippen LogP contribution in [-0.2, 0) is 26.2 Å². The number of sulfone groups is 2. The van der Waals surface area contributed by atoms with E-state index in [4.69, 9.17) is 4.74 Å². The van der Waals surface area contributed by atoms with Crippen LogP contribution < -0.4 is 4.74 Å². The fraction of sp³-hybridized carbons (Fsp3) is 0.360. The van der Waals surface area contributed by atoms with Gasteiger partial charge in [-0.05, 0) is 68.6 Å². The number of rotatable bonds is 9. The maximum atomic E-state index is 13.0. The maximum absolute atomic E-state index is 13.0. The summed E-state index contributed by atoms with van der Waals surface area (Å²) < 4.78 is 57.5. The van der Waals surface area contributed by atoms with Gasteiger partial charge >= 0.3 is 0 Å². The Balaban J connectivity index is 1.37. The summed E-state index contributed by atoms with van der Waals surface area (Å²) >= 11 is 0.978. The second-order valence-electron chi connectivity index (χ2n) is 8.90. The molecule has 34 heavy (non-hydrogen) atoms. The van der Waals surface area contributed by atoms with Gasteiger partial charge in [-0.1, -0.05) is 30.3 Å². The number of hydrogen-bond donors (Lipinski definition) is 0. The molecule has 0 N–H and O–H groups in total. The Hall–Kier alpha value is -2.20. The smallest absolute Gasteiger partial charge is 0.207 e. The topological polar surface area (TPSA) is 80.8 Å². The number of ether oxygens (including phenoxy) is 1. The van der Waals surface area contributed by atoms with Crippen LogP contribution in [0.3, 0.4) is 0 Å². The van der Waals surface area contributed by atoms with Gasteiger partial charge in [0.25, 0.3) is 0 Å². The van der Waals surface area contributed by atoms with E-state index in [-0.39, 0.29) is 31.8 Å². The first-order valence-corrected chi connectivity index (χ1v) is 15.2. The van der Waals surface area contributed by atoms with Gasteiger partial charge in [0.05, 0.1) is 21.6 Å². The molecule has 2 heterocycles. The zero-order valence-corrected chi connectivity index (χ0v) is 21.7. The highest BCUT2D eigenvalue weighted by Gasteiger charge is 2.30. The van der Waals surface area contributed by atoms with Crippen LogP contribution in [0, 0.1) is 5.92 Å². The van der Waals surface area contributed by atoms with Crippen LogP contribution in [0.5, 0.6) is 5.75 Å². The minimum atomic E-state index is -3.73. The van der Waals surface area contributed by atoms with Crippen LogP contribution in [0.4, 0.5) is 0 Å². The molecule has 0 saturated carbocycles. The third-order valence-electron chi connectivity index (χ3n) is 5.75. The monoisotopic (exact) mass is 519 g/mol. The van der Waals surface area contributed by atoms with Crippen molar-refractivity contribution in [3.05, 3.63) is 71.6 Å². The van der Waals surface area contributed by atoms with Crippen molar-refractivity contribution >= 4 is 31.0 Å². The first-order chi connectivity index (χ1) is 16.1. The largest absolute Gasteiger partial charge is 0.491 e. The quantitative estimate of drug-likeness (QED) is 0.409. The van der Waals surface area contributed by atoms with Crippen LogP contribution in [0.15, 0.2) is 80.0 Å². The van der Waals surface area contributed by atoms with Crippen molar-refractivity contribution in [1.29, 1.82) is 0 Å². The van der Waals surface area contributed by atoms with Gasteiger partial charge in [-0.3, -0.25) is 4.90 Å². The number of thiophene rings is 1. The first kappa shape index (κ1) is 24.9. The molecule has 0 bridgehead atoms. The summed E-state index contributed by atoms with van der Waals surface area (Å²) in [6.45, 7) is 6.28. The number of hydrogen-bond acceptors (Lipinski definition) is 7. The molecular formula is C25H29NO5S3. The van der Waals surface area contributed by atoms with Gasteiger partial charge in [-0.2, -0.15) is 0 Å². The van der Waals surface area contributed by atoms with Gasteiger partial charge in [0.1, 0.15) is 9.96 Å². The van der Waals surface area contributed by atoms with E-state index in [0.29, 0.717) is 6.54 Å². The molecule has 182 valence electrons. The van der Waals surface area contributed by atoms with Crippen LogP contribution in [0.1, 0.15) is 25.8 Å². The van der Waals surface area contributed by atoms with Crippen molar-refractivity contribution in [2.24, 2.45) is 5.92 Å². The molecule has 0 unspecified atom stereocenters. The average Bonchev–Trinajstić information content (AvgIpc) is 3.46. The Labute approximate surface area is 206 Å². The van der Waals surface area contributed by atoms with E-state index in [1.807, 2.05) is 38.1 Å². The summed E-state index contributed by atoms with van der Waals surface area (Å²) in [5.74, 6) is 0.884. The number of likely N-dealkylation sites (tertiary alicyclic amines) is 1. The van der Waals surface area contributed by atoms with Crippen LogP contribution in [0.25, 0.3) is 0 Å². The van der Waals surface area contributed by atoms with Crippen molar-refractivity contribution in [2.45, 2.75) is 46.9 Å². The lowest BCUT2D eigenvalue weighted by atomic mass is 10.1. The highest BCUT2D eigenvalue weighted by molar-refractivity contribution is 7.94. The molecule has 0 radical (unpaired) electrons. The molecule has 1 fully saturated rings. The van der Waals surface area contributed by atoms with Gasteiger partial charge in [-0.15, -0.1) is 11.3 Å². The summed E-state index contributed by atoms with van der Waals surface area (Å²) in [6, 6.07) is 17.4. The van der Waals surface area contributed by atoms with E-state index in [9.17, 15) is 16.8 Å². The van der Waals surface area contributed by atoms with E-state index in [1.165, 1.54) is 23.6 Å². The van der Waals surface area contributed by atoms with Crippen molar-refractivity contribution < 1.29 is 21.6 Å². The van der Waals surface area contributed by atoms with E-state index < -0.39 is 19.7 Å². The molecule has 0 spiro atoms. The van der Waals surface area contributed by atoms with Crippen LogP contribution in [0.2, 0.25) is 0 Å². The minimum Gasteiger partial charge on any atom is -0.491 e. The van der Waals surface area contributed by atoms with Gasteiger partial charge < -0.3 is 4.74 Å². The average molecular weight is 520 g/mol. The molecule has 4 rings (SSSR count). The summed E-state index contributed by atoms with van der Waals surface area (Å²) in [6.07, 6.45) is 0.930. The van der Waals surface area contributed by atoms with Crippen molar-refractivity contribution in [3.63, 3.8) is 0 Å². The Morgan fingerprint density at radius 1 is 1.00 bits per heavy atom. The first-order valence-electron chi connectivity index (χ1n) is 11.2. The Kier molecular flexibility index (Phi) is 7.47.